The Kier molecular flexibility index (Phi) is 5.14. The Hall–Kier alpha value is -2.67. The van der Waals surface area contributed by atoms with E-state index >= 15 is 0 Å². The van der Waals surface area contributed by atoms with Crippen molar-refractivity contribution in [3.63, 3.8) is 0 Å². The number of hydrogen-bond donors (Lipinski definition) is 1. The second-order valence-electron chi connectivity index (χ2n) is 5.64. The number of carbonyl (C=O) groups excluding carboxylic acids is 1. The van der Waals surface area contributed by atoms with Crippen LogP contribution in [0.4, 0.5) is 0 Å². The maximum Gasteiger partial charge on any atom is 0.251 e. The van der Waals surface area contributed by atoms with Gasteiger partial charge >= 0.3 is 0 Å². The molecule has 130 valence electrons. The number of aromatic nitrogens is 2. The molecule has 0 atom stereocenters. The van der Waals surface area contributed by atoms with Crippen molar-refractivity contribution in [1.29, 1.82) is 0 Å². The number of nitrogens with zero attached hydrogens (tertiary/aromatic N) is 2. The number of aryl methyl sites for hydroxylation is 3. The highest BCUT2D eigenvalue weighted by Gasteiger charge is 2.10. The first-order valence-electron chi connectivity index (χ1n) is 7.87. The molecular weight excluding hydrogens is 338 g/mol. The van der Waals surface area contributed by atoms with Gasteiger partial charge in [0.2, 0.25) is 0 Å². The lowest BCUT2D eigenvalue weighted by Crippen LogP contribution is -2.22. The Morgan fingerprint density at radius 2 is 2.00 bits per heavy atom. The van der Waals surface area contributed by atoms with Crippen molar-refractivity contribution < 1.29 is 14.1 Å². The second-order valence-corrected chi connectivity index (χ2v) is 6.96. The summed E-state index contributed by atoms with van der Waals surface area (Å²) in [4.78, 5) is 17.4. The van der Waals surface area contributed by atoms with E-state index in [4.69, 9.17) is 9.26 Å². The van der Waals surface area contributed by atoms with Gasteiger partial charge < -0.3 is 14.6 Å². The van der Waals surface area contributed by atoms with E-state index in [9.17, 15) is 4.79 Å². The predicted octanol–water partition coefficient (Wildman–Crippen LogP) is 3.57. The minimum absolute atomic E-state index is 0.122. The molecule has 3 rings (SSSR count). The fourth-order valence-corrected chi connectivity index (χ4v) is 3.06. The molecule has 1 amide bonds. The molecule has 0 saturated carbocycles. The minimum Gasteiger partial charge on any atom is -0.489 e. The first-order valence-corrected chi connectivity index (χ1v) is 8.68. The molecule has 1 aromatic carbocycles. The van der Waals surface area contributed by atoms with Crippen LogP contribution in [0.3, 0.4) is 0 Å². The molecule has 0 aliphatic rings. The average molecular weight is 357 g/mol. The predicted molar refractivity (Wildman–Crippen MR) is 94.8 cm³/mol. The zero-order valence-corrected chi connectivity index (χ0v) is 15.1. The Bertz CT molecular complexity index is 849. The molecule has 2 heterocycles. The molecule has 0 aliphatic carbocycles. The largest absolute Gasteiger partial charge is 0.489 e. The van der Waals surface area contributed by atoms with Crippen molar-refractivity contribution in [1.82, 2.24) is 15.5 Å². The van der Waals surface area contributed by atoms with Gasteiger partial charge in [-0.05, 0) is 45.0 Å². The van der Waals surface area contributed by atoms with Crippen molar-refractivity contribution in [2.24, 2.45) is 0 Å². The van der Waals surface area contributed by atoms with Crippen LogP contribution < -0.4 is 10.1 Å². The van der Waals surface area contributed by atoms with E-state index in [1.165, 1.54) is 0 Å². The van der Waals surface area contributed by atoms with Crippen LogP contribution in [-0.2, 0) is 13.2 Å². The van der Waals surface area contributed by atoms with Gasteiger partial charge in [-0.3, -0.25) is 4.79 Å². The van der Waals surface area contributed by atoms with E-state index in [0.29, 0.717) is 24.5 Å². The number of ether oxygens (including phenoxy) is 1. The van der Waals surface area contributed by atoms with Crippen LogP contribution in [0.5, 0.6) is 5.75 Å². The summed E-state index contributed by atoms with van der Waals surface area (Å²) < 4.78 is 10.9. The van der Waals surface area contributed by atoms with Crippen molar-refractivity contribution in [2.45, 2.75) is 33.9 Å². The third-order valence-electron chi connectivity index (χ3n) is 3.77. The van der Waals surface area contributed by atoms with Crippen LogP contribution in [-0.4, -0.2) is 16.0 Å². The maximum atomic E-state index is 12.2. The summed E-state index contributed by atoms with van der Waals surface area (Å²) in [5, 5.41) is 7.78. The van der Waals surface area contributed by atoms with E-state index < -0.39 is 0 Å². The van der Waals surface area contributed by atoms with Crippen LogP contribution >= 0.6 is 11.3 Å². The zero-order chi connectivity index (χ0) is 17.8. The van der Waals surface area contributed by atoms with Crippen molar-refractivity contribution in [2.75, 3.05) is 0 Å². The molecule has 0 spiro atoms. The summed E-state index contributed by atoms with van der Waals surface area (Å²) >= 11 is 1.58. The molecule has 0 bridgehead atoms. The van der Waals surface area contributed by atoms with Gasteiger partial charge in [0.15, 0.2) is 0 Å². The molecular formula is C18H19N3O3S. The Morgan fingerprint density at radius 3 is 2.60 bits per heavy atom. The molecule has 3 aromatic rings. The Labute approximate surface area is 149 Å². The topological polar surface area (TPSA) is 77.2 Å². The summed E-state index contributed by atoms with van der Waals surface area (Å²) in [6.07, 6.45) is 1.78. The number of rotatable bonds is 6. The second kappa shape index (κ2) is 7.48. The van der Waals surface area contributed by atoms with Crippen LogP contribution in [0.15, 0.2) is 35.0 Å². The molecule has 25 heavy (non-hydrogen) atoms. The molecule has 0 aliphatic heterocycles. The average Bonchev–Trinajstić information content (AvgIpc) is 3.17. The summed E-state index contributed by atoms with van der Waals surface area (Å²) in [7, 11) is 0. The zero-order valence-electron chi connectivity index (χ0n) is 14.3. The lowest BCUT2D eigenvalue weighted by Gasteiger charge is -2.07. The van der Waals surface area contributed by atoms with Crippen LogP contribution in [0, 0.1) is 20.8 Å². The third kappa shape index (κ3) is 4.24. The molecule has 6 nitrogen and oxygen atoms in total. The van der Waals surface area contributed by atoms with Crippen LogP contribution in [0.1, 0.15) is 37.3 Å². The molecule has 7 heteroatoms. The summed E-state index contributed by atoms with van der Waals surface area (Å²) in [5.41, 5.74) is 2.36. The monoisotopic (exact) mass is 357 g/mol. The smallest absolute Gasteiger partial charge is 0.251 e. The highest BCUT2D eigenvalue weighted by molar-refractivity contribution is 7.11. The molecule has 0 unspecified atom stereocenters. The van der Waals surface area contributed by atoms with Gasteiger partial charge in [-0.1, -0.05) is 5.16 Å². The summed E-state index contributed by atoms with van der Waals surface area (Å²) in [6, 6.07) is 7.06. The van der Waals surface area contributed by atoms with Crippen LogP contribution in [0.2, 0.25) is 0 Å². The molecule has 1 N–H and O–H groups in total. The quantitative estimate of drug-likeness (QED) is 0.730. The number of nitrogens with one attached hydrogen (secondary N) is 1. The fraction of sp³-hybridized carbons (Fsp3) is 0.278. The van der Waals surface area contributed by atoms with Gasteiger partial charge in [0.1, 0.15) is 18.1 Å². The number of carbonyl (C=O) groups is 1. The van der Waals surface area contributed by atoms with Gasteiger partial charge in [-0.25, -0.2) is 4.98 Å². The van der Waals surface area contributed by atoms with Crippen molar-refractivity contribution in [3.05, 3.63) is 62.9 Å². The Balaban J connectivity index is 1.55. The van der Waals surface area contributed by atoms with Crippen molar-refractivity contribution >= 4 is 17.2 Å². The van der Waals surface area contributed by atoms with E-state index in [1.807, 2.05) is 20.8 Å². The number of hydrogen-bond acceptors (Lipinski definition) is 6. The summed E-state index contributed by atoms with van der Waals surface area (Å²) in [6.45, 7) is 6.55. The standard InChI is InChI=1S/C18H19N3O3S/c1-11-17(12(2)24-21-11)10-23-15-6-4-14(5-7-15)18(22)20-9-16-8-19-13(3)25-16/h4-8H,9-10H2,1-3H3,(H,20,22). The SMILES string of the molecule is Cc1ncc(CNC(=O)c2ccc(OCc3c(C)noc3C)cc2)s1. The minimum atomic E-state index is -0.122. The van der Waals surface area contributed by atoms with Gasteiger partial charge in [0, 0.05) is 16.6 Å². The highest BCUT2D eigenvalue weighted by Crippen LogP contribution is 2.18. The van der Waals surface area contributed by atoms with Gasteiger partial charge in [0.25, 0.3) is 5.91 Å². The molecule has 0 fully saturated rings. The Morgan fingerprint density at radius 1 is 1.24 bits per heavy atom. The van der Waals surface area contributed by atoms with E-state index in [1.54, 1.807) is 41.8 Å². The number of benzene rings is 1. The van der Waals surface area contributed by atoms with Crippen LogP contribution in [0.25, 0.3) is 0 Å². The van der Waals surface area contributed by atoms with E-state index in [2.05, 4.69) is 15.5 Å². The molecule has 0 radical (unpaired) electrons. The van der Waals surface area contributed by atoms with Gasteiger partial charge in [-0.2, -0.15) is 0 Å². The first kappa shape index (κ1) is 17.2. The normalized spacial score (nSPS) is 10.7. The third-order valence-corrected chi connectivity index (χ3v) is 4.69. The lowest BCUT2D eigenvalue weighted by atomic mass is 10.2. The molecule has 2 aromatic heterocycles. The maximum absolute atomic E-state index is 12.2. The first-order chi connectivity index (χ1) is 12.0. The molecule has 0 saturated heterocycles. The number of amides is 1. The highest BCUT2D eigenvalue weighted by atomic mass is 32.1. The lowest BCUT2D eigenvalue weighted by molar-refractivity contribution is 0.0951. The van der Waals surface area contributed by atoms with Gasteiger partial charge in [0.05, 0.1) is 22.8 Å². The van der Waals surface area contributed by atoms with E-state index in [-0.39, 0.29) is 5.91 Å². The van der Waals surface area contributed by atoms with Gasteiger partial charge in [-0.15, -0.1) is 11.3 Å². The number of thiazole rings is 1. The van der Waals surface area contributed by atoms with E-state index in [0.717, 1.165) is 26.9 Å². The summed E-state index contributed by atoms with van der Waals surface area (Å²) in [5.74, 6) is 1.32. The fourth-order valence-electron chi connectivity index (χ4n) is 2.32. The van der Waals surface area contributed by atoms with Crippen molar-refractivity contribution in [3.8, 4) is 5.75 Å².